The van der Waals surface area contributed by atoms with Crippen molar-refractivity contribution in [2.75, 3.05) is 18.0 Å². The Morgan fingerprint density at radius 2 is 2.12 bits per heavy atom. The first-order valence-electron chi connectivity index (χ1n) is 9.10. The largest absolute Gasteiger partial charge is 0.354 e. The third-order valence-electron chi connectivity index (χ3n) is 4.53. The number of halogens is 1. The van der Waals surface area contributed by atoms with E-state index in [1.165, 1.54) is 6.92 Å². The van der Waals surface area contributed by atoms with E-state index in [9.17, 15) is 9.18 Å². The van der Waals surface area contributed by atoms with Gasteiger partial charge in [-0.15, -0.1) is 0 Å². The molecule has 0 aliphatic carbocycles. The molecular formula is C20H25FN4O. The second-order valence-corrected chi connectivity index (χ2v) is 6.93. The molecule has 1 N–H and O–H groups in total. The van der Waals surface area contributed by atoms with Crippen molar-refractivity contribution >= 4 is 11.9 Å². The SMILES string of the molecule is CC(=O)NC(C)Cc1ccc(-c2ccnc(N3CCCC(F)C3)n2)cc1. The summed E-state index contributed by atoms with van der Waals surface area (Å²) < 4.78 is 13.6. The van der Waals surface area contributed by atoms with Crippen LogP contribution < -0.4 is 10.2 Å². The van der Waals surface area contributed by atoms with E-state index in [0.29, 0.717) is 18.9 Å². The Morgan fingerprint density at radius 1 is 1.35 bits per heavy atom. The first kappa shape index (κ1) is 18.3. The molecule has 1 fully saturated rings. The lowest BCUT2D eigenvalue weighted by Gasteiger charge is -2.29. The van der Waals surface area contributed by atoms with Crippen molar-refractivity contribution in [3.05, 3.63) is 42.1 Å². The Kier molecular flexibility index (Phi) is 5.81. The number of piperidine rings is 1. The minimum Gasteiger partial charge on any atom is -0.354 e. The third kappa shape index (κ3) is 4.77. The Labute approximate surface area is 153 Å². The fourth-order valence-corrected chi connectivity index (χ4v) is 3.33. The number of carbonyl (C=O) groups excluding carboxylic acids is 1. The quantitative estimate of drug-likeness (QED) is 0.894. The van der Waals surface area contributed by atoms with Crippen LogP contribution in [0.4, 0.5) is 10.3 Å². The maximum Gasteiger partial charge on any atom is 0.225 e. The second-order valence-electron chi connectivity index (χ2n) is 6.93. The van der Waals surface area contributed by atoms with E-state index in [-0.39, 0.29) is 11.9 Å². The molecule has 2 heterocycles. The molecule has 1 aliphatic rings. The molecule has 6 heteroatoms. The van der Waals surface area contributed by atoms with Gasteiger partial charge in [0.25, 0.3) is 0 Å². The molecule has 0 radical (unpaired) electrons. The molecule has 0 spiro atoms. The fraction of sp³-hybridized carbons (Fsp3) is 0.450. The molecule has 1 saturated heterocycles. The zero-order valence-corrected chi connectivity index (χ0v) is 15.3. The number of carbonyl (C=O) groups is 1. The highest BCUT2D eigenvalue weighted by molar-refractivity contribution is 5.73. The number of anilines is 1. The number of nitrogens with zero attached hydrogens (tertiary/aromatic N) is 3. The number of aromatic nitrogens is 2. The third-order valence-corrected chi connectivity index (χ3v) is 4.53. The average molecular weight is 356 g/mol. The minimum absolute atomic E-state index is 0.0177. The number of alkyl halides is 1. The Hall–Kier alpha value is -2.50. The lowest BCUT2D eigenvalue weighted by molar-refractivity contribution is -0.119. The van der Waals surface area contributed by atoms with E-state index in [2.05, 4.69) is 15.3 Å². The van der Waals surface area contributed by atoms with Gasteiger partial charge >= 0.3 is 0 Å². The van der Waals surface area contributed by atoms with Crippen LogP contribution in [0.2, 0.25) is 0 Å². The topological polar surface area (TPSA) is 58.1 Å². The average Bonchev–Trinajstić information content (AvgIpc) is 2.62. The Balaban J connectivity index is 1.71. The van der Waals surface area contributed by atoms with E-state index in [1.807, 2.05) is 42.2 Å². The van der Waals surface area contributed by atoms with Crippen LogP contribution in [-0.4, -0.2) is 41.2 Å². The highest BCUT2D eigenvalue weighted by atomic mass is 19.1. The number of nitrogens with one attached hydrogen (secondary N) is 1. The van der Waals surface area contributed by atoms with Crippen LogP contribution >= 0.6 is 0 Å². The maximum absolute atomic E-state index is 13.6. The summed E-state index contributed by atoms with van der Waals surface area (Å²) in [6.07, 6.45) is 3.15. The summed E-state index contributed by atoms with van der Waals surface area (Å²) in [7, 11) is 0. The molecule has 2 atom stereocenters. The van der Waals surface area contributed by atoms with Gasteiger partial charge in [-0.3, -0.25) is 4.79 Å². The molecule has 1 aromatic heterocycles. The number of rotatable bonds is 5. The summed E-state index contributed by atoms with van der Waals surface area (Å²) in [4.78, 5) is 22.0. The van der Waals surface area contributed by atoms with Crippen LogP contribution in [0.15, 0.2) is 36.5 Å². The second kappa shape index (κ2) is 8.25. The Bertz CT molecular complexity index is 750. The lowest BCUT2D eigenvalue weighted by Crippen LogP contribution is -2.37. The molecular weight excluding hydrogens is 331 g/mol. The van der Waals surface area contributed by atoms with Crippen LogP contribution in [-0.2, 0) is 11.2 Å². The van der Waals surface area contributed by atoms with Crippen molar-refractivity contribution in [2.45, 2.75) is 45.3 Å². The van der Waals surface area contributed by atoms with Crippen molar-refractivity contribution in [2.24, 2.45) is 0 Å². The van der Waals surface area contributed by atoms with Crippen LogP contribution in [0.1, 0.15) is 32.3 Å². The number of hydrogen-bond acceptors (Lipinski definition) is 4. The highest BCUT2D eigenvalue weighted by Gasteiger charge is 2.21. The van der Waals surface area contributed by atoms with Crippen LogP contribution in [0.25, 0.3) is 11.3 Å². The number of benzene rings is 1. The van der Waals surface area contributed by atoms with Crippen molar-refractivity contribution in [3.63, 3.8) is 0 Å². The van der Waals surface area contributed by atoms with Crippen molar-refractivity contribution in [3.8, 4) is 11.3 Å². The first-order chi connectivity index (χ1) is 12.5. The van der Waals surface area contributed by atoms with Crippen molar-refractivity contribution in [1.29, 1.82) is 0 Å². The summed E-state index contributed by atoms with van der Waals surface area (Å²) in [6.45, 7) is 4.68. The Morgan fingerprint density at radius 3 is 2.81 bits per heavy atom. The van der Waals surface area contributed by atoms with E-state index in [4.69, 9.17) is 0 Å². The number of hydrogen-bond donors (Lipinski definition) is 1. The molecule has 1 amide bonds. The predicted molar refractivity (Wildman–Crippen MR) is 101 cm³/mol. The summed E-state index contributed by atoms with van der Waals surface area (Å²) in [6, 6.07) is 10.1. The van der Waals surface area contributed by atoms with Gasteiger partial charge in [0.15, 0.2) is 0 Å². The van der Waals surface area contributed by atoms with E-state index >= 15 is 0 Å². The van der Waals surface area contributed by atoms with Gasteiger partial charge in [0.2, 0.25) is 11.9 Å². The standard InChI is InChI=1S/C20H25FN4O/c1-14(23-15(2)26)12-16-5-7-17(8-6-16)19-9-10-22-20(24-19)25-11-3-4-18(21)13-25/h5-10,14,18H,3-4,11-13H2,1-2H3,(H,23,26). The van der Waals surface area contributed by atoms with Crippen LogP contribution in [0.5, 0.6) is 0 Å². The van der Waals surface area contributed by atoms with E-state index < -0.39 is 6.17 Å². The normalized spacial score (nSPS) is 18.4. The predicted octanol–water partition coefficient (Wildman–Crippen LogP) is 3.15. The van der Waals surface area contributed by atoms with Crippen LogP contribution in [0, 0.1) is 0 Å². The molecule has 1 aliphatic heterocycles. The highest BCUT2D eigenvalue weighted by Crippen LogP contribution is 2.22. The van der Waals surface area contributed by atoms with Gasteiger partial charge < -0.3 is 10.2 Å². The lowest BCUT2D eigenvalue weighted by atomic mass is 10.0. The molecule has 1 aromatic carbocycles. The van der Waals surface area contributed by atoms with Gasteiger partial charge in [0.05, 0.1) is 12.2 Å². The smallest absolute Gasteiger partial charge is 0.225 e. The van der Waals surface area contributed by atoms with Gasteiger partial charge in [0.1, 0.15) is 6.17 Å². The molecule has 3 rings (SSSR count). The van der Waals surface area contributed by atoms with Gasteiger partial charge in [-0.2, -0.15) is 0 Å². The molecule has 0 bridgehead atoms. The van der Waals surface area contributed by atoms with Crippen molar-refractivity contribution < 1.29 is 9.18 Å². The monoisotopic (exact) mass is 356 g/mol. The fourth-order valence-electron chi connectivity index (χ4n) is 3.33. The molecule has 2 unspecified atom stereocenters. The summed E-state index contributed by atoms with van der Waals surface area (Å²) in [5.41, 5.74) is 2.98. The van der Waals surface area contributed by atoms with Gasteiger partial charge in [-0.05, 0) is 37.8 Å². The van der Waals surface area contributed by atoms with Gasteiger partial charge in [-0.25, -0.2) is 14.4 Å². The minimum atomic E-state index is -0.805. The molecule has 2 aromatic rings. The van der Waals surface area contributed by atoms with Gasteiger partial charge in [-0.1, -0.05) is 24.3 Å². The summed E-state index contributed by atoms with van der Waals surface area (Å²) in [5.74, 6) is 0.573. The first-order valence-corrected chi connectivity index (χ1v) is 9.10. The zero-order valence-electron chi connectivity index (χ0n) is 15.3. The molecule has 0 saturated carbocycles. The molecule has 5 nitrogen and oxygen atoms in total. The maximum atomic E-state index is 13.6. The van der Waals surface area contributed by atoms with Crippen LogP contribution in [0.3, 0.4) is 0 Å². The summed E-state index contributed by atoms with van der Waals surface area (Å²) >= 11 is 0. The molecule has 26 heavy (non-hydrogen) atoms. The number of amides is 1. The van der Waals surface area contributed by atoms with Crippen molar-refractivity contribution in [1.82, 2.24) is 15.3 Å². The molecule has 138 valence electrons. The zero-order chi connectivity index (χ0) is 18.5. The van der Waals surface area contributed by atoms with Gasteiger partial charge in [0, 0.05) is 31.3 Å². The van der Waals surface area contributed by atoms with E-state index in [1.54, 1.807) is 6.20 Å². The summed E-state index contributed by atoms with van der Waals surface area (Å²) in [5, 5.41) is 2.89. The van der Waals surface area contributed by atoms with E-state index in [0.717, 1.165) is 36.2 Å².